The van der Waals surface area contributed by atoms with Gasteiger partial charge in [0.2, 0.25) is 5.82 Å². The number of benzene rings is 2. The molecule has 1 atom stereocenters. The standard InChI is InChI=1S/C18H20N4O/c1-2-23-17(14-13-15-9-5-3-6-10-15)22-20-18(19-21-22)16-11-7-4-8-12-16/h3-12,17H,2,13-14H2,1H3. The summed E-state index contributed by atoms with van der Waals surface area (Å²) in [5.74, 6) is 0.620. The quantitative estimate of drug-likeness (QED) is 0.670. The van der Waals surface area contributed by atoms with E-state index in [-0.39, 0.29) is 6.23 Å². The molecule has 0 N–H and O–H groups in total. The number of ether oxygens (including phenoxy) is 1. The molecular weight excluding hydrogens is 288 g/mol. The van der Waals surface area contributed by atoms with E-state index in [0.29, 0.717) is 12.4 Å². The van der Waals surface area contributed by atoms with Gasteiger partial charge in [-0.3, -0.25) is 0 Å². The van der Waals surface area contributed by atoms with E-state index in [9.17, 15) is 0 Å². The summed E-state index contributed by atoms with van der Waals surface area (Å²) in [6.07, 6.45) is 1.51. The van der Waals surface area contributed by atoms with Crippen LogP contribution in [0.3, 0.4) is 0 Å². The van der Waals surface area contributed by atoms with Crippen LogP contribution in [-0.4, -0.2) is 26.8 Å². The van der Waals surface area contributed by atoms with E-state index >= 15 is 0 Å². The molecule has 1 unspecified atom stereocenters. The van der Waals surface area contributed by atoms with Gasteiger partial charge in [-0.2, -0.15) is 0 Å². The van der Waals surface area contributed by atoms with Crippen molar-refractivity contribution in [1.82, 2.24) is 20.2 Å². The number of nitrogens with zero attached hydrogens (tertiary/aromatic N) is 4. The fourth-order valence-electron chi connectivity index (χ4n) is 2.44. The van der Waals surface area contributed by atoms with Gasteiger partial charge in [0, 0.05) is 12.2 Å². The smallest absolute Gasteiger partial charge is 0.205 e. The van der Waals surface area contributed by atoms with Gasteiger partial charge in [0.25, 0.3) is 0 Å². The van der Waals surface area contributed by atoms with Gasteiger partial charge in [0.1, 0.15) is 0 Å². The van der Waals surface area contributed by atoms with Crippen molar-refractivity contribution in [3.8, 4) is 11.4 Å². The Labute approximate surface area is 135 Å². The van der Waals surface area contributed by atoms with Crippen molar-refractivity contribution in [2.45, 2.75) is 26.0 Å². The third-order valence-corrected chi connectivity index (χ3v) is 3.60. The maximum Gasteiger partial charge on any atom is 0.205 e. The van der Waals surface area contributed by atoms with Crippen molar-refractivity contribution in [2.24, 2.45) is 0 Å². The van der Waals surface area contributed by atoms with Crippen LogP contribution in [0.5, 0.6) is 0 Å². The van der Waals surface area contributed by atoms with E-state index in [1.807, 2.05) is 55.5 Å². The fraction of sp³-hybridized carbons (Fsp3) is 0.278. The molecule has 0 aliphatic heterocycles. The van der Waals surface area contributed by atoms with Crippen LogP contribution in [0.15, 0.2) is 60.7 Å². The van der Waals surface area contributed by atoms with Crippen LogP contribution >= 0.6 is 0 Å². The van der Waals surface area contributed by atoms with Gasteiger partial charge >= 0.3 is 0 Å². The lowest BCUT2D eigenvalue weighted by molar-refractivity contribution is -0.0151. The monoisotopic (exact) mass is 308 g/mol. The van der Waals surface area contributed by atoms with Gasteiger partial charge in [0.15, 0.2) is 6.23 Å². The number of hydrogen-bond donors (Lipinski definition) is 0. The molecule has 1 heterocycles. The molecule has 5 nitrogen and oxygen atoms in total. The van der Waals surface area contributed by atoms with Gasteiger partial charge in [-0.05, 0) is 30.5 Å². The molecule has 0 aliphatic carbocycles. The Morgan fingerprint density at radius 2 is 1.70 bits per heavy atom. The molecule has 0 radical (unpaired) electrons. The van der Waals surface area contributed by atoms with Crippen LogP contribution in [-0.2, 0) is 11.2 Å². The molecule has 3 rings (SSSR count). The highest BCUT2D eigenvalue weighted by atomic mass is 16.5. The second kappa shape index (κ2) is 7.65. The highest BCUT2D eigenvalue weighted by molar-refractivity contribution is 5.52. The first-order valence-electron chi connectivity index (χ1n) is 7.87. The van der Waals surface area contributed by atoms with Gasteiger partial charge in [0.05, 0.1) is 0 Å². The molecule has 0 saturated heterocycles. The Balaban J connectivity index is 1.72. The lowest BCUT2D eigenvalue weighted by atomic mass is 10.1. The van der Waals surface area contributed by atoms with Crippen molar-refractivity contribution < 1.29 is 4.74 Å². The van der Waals surface area contributed by atoms with Gasteiger partial charge in [-0.15, -0.1) is 15.0 Å². The molecule has 0 spiro atoms. The Kier molecular flexibility index (Phi) is 5.11. The molecule has 0 amide bonds. The second-order valence-electron chi connectivity index (χ2n) is 5.23. The summed E-state index contributed by atoms with van der Waals surface area (Å²) in [6, 6.07) is 20.2. The lowest BCUT2D eigenvalue weighted by Crippen LogP contribution is -2.17. The summed E-state index contributed by atoms with van der Waals surface area (Å²) in [4.78, 5) is 1.58. The van der Waals surface area contributed by atoms with Crippen molar-refractivity contribution in [2.75, 3.05) is 6.61 Å². The first kappa shape index (κ1) is 15.4. The van der Waals surface area contributed by atoms with Crippen LogP contribution < -0.4 is 0 Å². The number of aromatic nitrogens is 4. The van der Waals surface area contributed by atoms with Crippen LogP contribution in [0.4, 0.5) is 0 Å². The normalized spacial score (nSPS) is 12.2. The Morgan fingerprint density at radius 1 is 1.00 bits per heavy atom. The minimum Gasteiger partial charge on any atom is -0.355 e. The zero-order valence-corrected chi connectivity index (χ0v) is 13.2. The predicted molar refractivity (Wildman–Crippen MR) is 88.7 cm³/mol. The third-order valence-electron chi connectivity index (χ3n) is 3.60. The molecule has 3 aromatic rings. The molecule has 23 heavy (non-hydrogen) atoms. The number of hydrogen-bond acceptors (Lipinski definition) is 4. The topological polar surface area (TPSA) is 52.8 Å². The molecule has 0 bridgehead atoms. The molecule has 5 heteroatoms. The van der Waals surface area contributed by atoms with Crippen LogP contribution in [0, 0.1) is 0 Å². The third kappa shape index (κ3) is 4.02. The molecular formula is C18H20N4O. The van der Waals surface area contributed by atoms with E-state index in [2.05, 4.69) is 27.5 Å². The largest absolute Gasteiger partial charge is 0.355 e. The number of tetrazole rings is 1. The summed E-state index contributed by atoms with van der Waals surface area (Å²) < 4.78 is 5.80. The van der Waals surface area contributed by atoms with Crippen molar-refractivity contribution in [1.29, 1.82) is 0 Å². The predicted octanol–water partition coefficient (Wildman–Crippen LogP) is 3.51. The summed E-state index contributed by atoms with van der Waals surface area (Å²) >= 11 is 0. The number of rotatable bonds is 7. The average molecular weight is 308 g/mol. The SMILES string of the molecule is CCOC(CCc1ccccc1)n1nnc(-c2ccccc2)n1. The Bertz CT molecular complexity index is 712. The highest BCUT2D eigenvalue weighted by Gasteiger charge is 2.15. The van der Waals surface area contributed by atoms with E-state index in [0.717, 1.165) is 18.4 Å². The first-order valence-corrected chi connectivity index (χ1v) is 7.87. The van der Waals surface area contributed by atoms with Crippen LogP contribution in [0.2, 0.25) is 0 Å². The molecule has 2 aromatic carbocycles. The Morgan fingerprint density at radius 3 is 2.39 bits per heavy atom. The van der Waals surface area contributed by atoms with Crippen LogP contribution in [0.25, 0.3) is 11.4 Å². The molecule has 118 valence electrons. The first-order chi connectivity index (χ1) is 11.4. The average Bonchev–Trinajstić information content (AvgIpc) is 3.10. The zero-order valence-electron chi connectivity index (χ0n) is 13.2. The van der Waals surface area contributed by atoms with Crippen molar-refractivity contribution in [3.05, 3.63) is 66.2 Å². The van der Waals surface area contributed by atoms with Crippen LogP contribution in [0.1, 0.15) is 25.1 Å². The van der Waals surface area contributed by atoms with Gasteiger partial charge < -0.3 is 4.74 Å². The van der Waals surface area contributed by atoms with E-state index in [4.69, 9.17) is 4.74 Å². The molecule has 0 saturated carbocycles. The highest BCUT2D eigenvalue weighted by Crippen LogP contribution is 2.18. The minimum absolute atomic E-state index is 0.204. The van der Waals surface area contributed by atoms with E-state index < -0.39 is 0 Å². The van der Waals surface area contributed by atoms with Gasteiger partial charge in [-0.1, -0.05) is 60.7 Å². The number of aryl methyl sites for hydroxylation is 1. The Hall–Kier alpha value is -2.53. The van der Waals surface area contributed by atoms with Crippen molar-refractivity contribution >= 4 is 0 Å². The lowest BCUT2D eigenvalue weighted by Gasteiger charge is -2.15. The van der Waals surface area contributed by atoms with E-state index in [1.165, 1.54) is 5.56 Å². The zero-order chi connectivity index (χ0) is 15.9. The molecule has 1 aromatic heterocycles. The second-order valence-corrected chi connectivity index (χ2v) is 5.23. The molecule has 0 fully saturated rings. The minimum atomic E-state index is -0.204. The fourth-order valence-corrected chi connectivity index (χ4v) is 2.44. The summed E-state index contributed by atoms with van der Waals surface area (Å²) in [5.41, 5.74) is 2.23. The van der Waals surface area contributed by atoms with E-state index in [1.54, 1.807) is 4.80 Å². The van der Waals surface area contributed by atoms with Gasteiger partial charge in [-0.25, -0.2) is 0 Å². The summed E-state index contributed by atoms with van der Waals surface area (Å²) in [5, 5.41) is 12.8. The maximum absolute atomic E-state index is 5.80. The summed E-state index contributed by atoms with van der Waals surface area (Å²) in [7, 11) is 0. The van der Waals surface area contributed by atoms with Crippen molar-refractivity contribution in [3.63, 3.8) is 0 Å². The summed E-state index contributed by atoms with van der Waals surface area (Å²) in [6.45, 7) is 2.59. The molecule has 0 aliphatic rings. The maximum atomic E-state index is 5.80.